The molecule has 1 amide bonds. The molecule has 0 N–H and O–H groups in total. The van der Waals surface area contributed by atoms with Crippen molar-refractivity contribution >= 4 is 17.6 Å². The van der Waals surface area contributed by atoms with E-state index in [0.717, 1.165) is 36.5 Å². The van der Waals surface area contributed by atoms with Gasteiger partial charge in [0.05, 0.1) is 24.3 Å². The number of alkyl halides is 3. The first-order valence-electron chi connectivity index (χ1n) is 9.74. The van der Waals surface area contributed by atoms with Crippen molar-refractivity contribution in [1.82, 2.24) is 4.90 Å². The van der Waals surface area contributed by atoms with Crippen LogP contribution in [0.4, 0.5) is 18.9 Å². The van der Waals surface area contributed by atoms with Gasteiger partial charge in [0.2, 0.25) is 0 Å². The van der Waals surface area contributed by atoms with Crippen molar-refractivity contribution in [1.29, 1.82) is 0 Å². The lowest BCUT2D eigenvalue weighted by Crippen LogP contribution is -2.36. The van der Waals surface area contributed by atoms with E-state index in [1.54, 1.807) is 7.05 Å². The van der Waals surface area contributed by atoms with Gasteiger partial charge in [-0.15, -0.1) is 0 Å². The summed E-state index contributed by atoms with van der Waals surface area (Å²) in [5, 5.41) is 0. The van der Waals surface area contributed by atoms with Gasteiger partial charge in [-0.05, 0) is 35.9 Å². The zero-order valence-corrected chi connectivity index (χ0v) is 17.0. The summed E-state index contributed by atoms with van der Waals surface area (Å²) in [6.07, 6.45) is -4.57. The molecule has 31 heavy (non-hydrogen) atoms. The van der Waals surface area contributed by atoms with Gasteiger partial charge in [0, 0.05) is 32.4 Å². The van der Waals surface area contributed by atoms with Crippen LogP contribution in [0.5, 0.6) is 0 Å². The van der Waals surface area contributed by atoms with E-state index in [4.69, 9.17) is 9.47 Å². The Hall–Kier alpha value is -3.07. The molecule has 1 fully saturated rings. The maximum atomic E-state index is 12.8. The van der Waals surface area contributed by atoms with Crippen molar-refractivity contribution in [2.45, 2.75) is 12.7 Å². The van der Waals surface area contributed by atoms with Crippen LogP contribution in [0.25, 0.3) is 0 Å². The number of amides is 1. The molecule has 0 aromatic heterocycles. The first kappa shape index (κ1) is 22.6. The second kappa shape index (κ2) is 9.82. The third-order valence-electron chi connectivity index (χ3n) is 4.91. The summed E-state index contributed by atoms with van der Waals surface area (Å²) in [5.74, 6) is -1.44. The van der Waals surface area contributed by atoms with Gasteiger partial charge in [0.15, 0.2) is 6.61 Å². The van der Waals surface area contributed by atoms with Gasteiger partial charge in [-0.2, -0.15) is 13.2 Å². The Labute approximate surface area is 178 Å². The molecule has 0 radical (unpaired) electrons. The van der Waals surface area contributed by atoms with Crippen molar-refractivity contribution in [3.63, 3.8) is 0 Å². The number of ether oxygens (including phenoxy) is 2. The van der Waals surface area contributed by atoms with Crippen LogP contribution in [0.2, 0.25) is 0 Å². The van der Waals surface area contributed by atoms with E-state index < -0.39 is 30.2 Å². The summed E-state index contributed by atoms with van der Waals surface area (Å²) < 4.78 is 48.5. The summed E-state index contributed by atoms with van der Waals surface area (Å²) in [6.45, 7) is 2.79. The summed E-state index contributed by atoms with van der Waals surface area (Å²) >= 11 is 0. The molecule has 3 rings (SSSR count). The van der Waals surface area contributed by atoms with Crippen LogP contribution in [0, 0.1) is 0 Å². The molecule has 1 saturated heterocycles. The average molecular weight is 436 g/mol. The Bertz CT molecular complexity index is 910. The number of rotatable bonds is 6. The van der Waals surface area contributed by atoms with E-state index in [2.05, 4.69) is 4.90 Å². The highest BCUT2D eigenvalue weighted by molar-refractivity contribution is 5.91. The minimum atomic E-state index is -4.57. The van der Waals surface area contributed by atoms with E-state index in [1.807, 2.05) is 24.3 Å². The number of hydrogen-bond acceptors (Lipinski definition) is 5. The molecule has 0 saturated carbocycles. The van der Waals surface area contributed by atoms with E-state index in [0.29, 0.717) is 25.8 Å². The highest BCUT2D eigenvalue weighted by atomic mass is 19.4. The van der Waals surface area contributed by atoms with Crippen molar-refractivity contribution < 1.29 is 32.2 Å². The third-order valence-corrected chi connectivity index (χ3v) is 4.91. The Morgan fingerprint density at radius 2 is 1.77 bits per heavy atom. The number of likely N-dealkylation sites (N-methyl/N-ethyl adjacent to an activating group) is 1. The van der Waals surface area contributed by atoms with Crippen molar-refractivity contribution in [2.75, 3.05) is 44.9 Å². The van der Waals surface area contributed by atoms with E-state index in [1.165, 1.54) is 11.0 Å². The minimum Gasteiger partial charge on any atom is -0.452 e. The monoisotopic (exact) mass is 436 g/mol. The van der Waals surface area contributed by atoms with Crippen LogP contribution in [-0.4, -0.2) is 56.7 Å². The fraction of sp³-hybridized carbons (Fsp3) is 0.364. The Morgan fingerprint density at radius 1 is 1.10 bits per heavy atom. The highest BCUT2D eigenvalue weighted by Gasteiger charge is 2.31. The summed E-state index contributed by atoms with van der Waals surface area (Å²) in [4.78, 5) is 27.9. The molecule has 1 aliphatic rings. The predicted molar refractivity (Wildman–Crippen MR) is 108 cm³/mol. The lowest BCUT2D eigenvalue weighted by Gasteiger charge is -2.29. The van der Waals surface area contributed by atoms with Gasteiger partial charge in [-0.1, -0.05) is 18.2 Å². The number of carbonyl (C=O) groups is 2. The van der Waals surface area contributed by atoms with Crippen LogP contribution >= 0.6 is 0 Å². The molecule has 0 spiro atoms. The van der Waals surface area contributed by atoms with E-state index in [-0.39, 0.29) is 5.56 Å². The molecule has 1 aliphatic heterocycles. The number of nitrogens with zero attached hydrogens (tertiary/aromatic N) is 2. The van der Waals surface area contributed by atoms with Crippen LogP contribution in [0.3, 0.4) is 0 Å². The molecule has 2 aromatic carbocycles. The predicted octanol–water partition coefficient (Wildman–Crippen LogP) is 3.36. The van der Waals surface area contributed by atoms with Crippen LogP contribution in [-0.2, 0) is 27.0 Å². The molecule has 2 aromatic rings. The fourth-order valence-corrected chi connectivity index (χ4v) is 3.14. The van der Waals surface area contributed by atoms with E-state index in [9.17, 15) is 22.8 Å². The van der Waals surface area contributed by atoms with Crippen molar-refractivity contribution in [3.05, 3.63) is 65.2 Å². The first-order valence-corrected chi connectivity index (χ1v) is 9.74. The summed E-state index contributed by atoms with van der Waals surface area (Å²) in [7, 11) is 1.57. The quantitative estimate of drug-likeness (QED) is 0.650. The van der Waals surface area contributed by atoms with Crippen LogP contribution in [0.15, 0.2) is 48.5 Å². The van der Waals surface area contributed by atoms with Crippen LogP contribution in [0.1, 0.15) is 21.5 Å². The number of carbonyl (C=O) groups excluding carboxylic acids is 2. The zero-order chi connectivity index (χ0) is 22.4. The summed E-state index contributed by atoms with van der Waals surface area (Å²) in [6, 6.07) is 11.7. The van der Waals surface area contributed by atoms with Gasteiger partial charge in [0.1, 0.15) is 0 Å². The van der Waals surface area contributed by atoms with Gasteiger partial charge >= 0.3 is 12.1 Å². The maximum Gasteiger partial charge on any atom is 0.416 e. The number of morpholine rings is 1. The normalized spacial score (nSPS) is 14.3. The molecule has 9 heteroatoms. The SMILES string of the molecule is CN(Cc1ccc(N2CCOCC2)cc1)C(=O)COC(=O)c1cccc(C(F)(F)F)c1. The molecule has 0 aliphatic carbocycles. The second-order valence-electron chi connectivity index (χ2n) is 7.17. The molecule has 0 unspecified atom stereocenters. The number of anilines is 1. The van der Waals surface area contributed by atoms with Gasteiger partial charge in [-0.3, -0.25) is 4.79 Å². The average Bonchev–Trinajstić information content (AvgIpc) is 2.77. The van der Waals surface area contributed by atoms with Crippen molar-refractivity contribution in [3.8, 4) is 0 Å². The Balaban J connectivity index is 1.51. The lowest BCUT2D eigenvalue weighted by molar-refractivity contribution is -0.137. The minimum absolute atomic E-state index is 0.260. The molecule has 6 nitrogen and oxygen atoms in total. The number of esters is 1. The Morgan fingerprint density at radius 3 is 2.42 bits per heavy atom. The molecule has 0 atom stereocenters. The first-order chi connectivity index (χ1) is 14.7. The topological polar surface area (TPSA) is 59.1 Å². The fourth-order valence-electron chi connectivity index (χ4n) is 3.14. The number of hydrogen-bond donors (Lipinski definition) is 0. The second-order valence-corrected chi connectivity index (χ2v) is 7.17. The van der Waals surface area contributed by atoms with Crippen molar-refractivity contribution in [2.24, 2.45) is 0 Å². The molecule has 1 heterocycles. The maximum absolute atomic E-state index is 12.8. The molecule has 166 valence electrons. The summed E-state index contributed by atoms with van der Waals surface area (Å²) in [5.41, 5.74) is 0.767. The van der Waals surface area contributed by atoms with Gasteiger partial charge < -0.3 is 19.3 Å². The zero-order valence-electron chi connectivity index (χ0n) is 17.0. The third kappa shape index (κ3) is 6.21. The Kier molecular flexibility index (Phi) is 7.17. The van der Waals surface area contributed by atoms with Crippen LogP contribution < -0.4 is 4.90 Å². The van der Waals surface area contributed by atoms with Gasteiger partial charge in [0.25, 0.3) is 5.91 Å². The smallest absolute Gasteiger partial charge is 0.416 e. The largest absolute Gasteiger partial charge is 0.452 e. The standard InChI is InChI=1S/C22H23F3N2O4/c1-26(14-16-5-7-19(8-6-16)27-9-11-30-12-10-27)20(28)15-31-21(29)17-3-2-4-18(13-17)22(23,24)25/h2-8,13H,9-12,14-15H2,1H3. The van der Waals surface area contributed by atoms with Gasteiger partial charge in [-0.25, -0.2) is 4.79 Å². The number of benzene rings is 2. The lowest BCUT2D eigenvalue weighted by atomic mass is 10.1. The number of halogens is 3. The molecular weight excluding hydrogens is 413 g/mol. The van der Waals surface area contributed by atoms with E-state index >= 15 is 0 Å². The molecule has 0 bridgehead atoms. The highest BCUT2D eigenvalue weighted by Crippen LogP contribution is 2.29. The molecular formula is C22H23F3N2O4.